The van der Waals surface area contributed by atoms with Crippen LogP contribution in [0.25, 0.3) is 0 Å². The van der Waals surface area contributed by atoms with Gasteiger partial charge in [-0.1, -0.05) is 20.3 Å². The minimum Gasteiger partial charge on any atom is -0.494 e. The lowest BCUT2D eigenvalue weighted by Crippen LogP contribution is -2.09. The molecule has 0 radical (unpaired) electrons. The molecule has 1 aromatic carbocycles. The maximum atomic E-state index is 5.86. The van der Waals surface area contributed by atoms with Crippen LogP contribution in [0.2, 0.25) is 0 Å². The highest BCUT2D eigenvalue weighted by atomic mass is 16.5. The molecule has 2 rings (SSSR count). The van der Waals surface area contributed by atoms with Crippen LogP contribution in [0.4, 0.5) is 5.69 Å². The molecule has 0 atom stereocenters. The molecule has 0 unspecified atom stereocenters. The molecule has 0 bridgehead atoms. The van der Waals surface area contributed by atoms with Crippen LogP contribution in [0.3, 0.4) is 0 Å². The van der Waals surface area contributed by atoms with Gasteiger partial charge in [0, 0.05) is 5.71 Å². The normalized spacial score (nSPS) is 11.7. The predicted octanol–water partition coefficient (Wildman–Crippen LogP) is 5.59. The van der Waals surface area contributed by atoms with E-state index in [0.29, 0.717) is 11.6 Å². The first-order valence-electron chi connectivity index (χ1n) is 9.75. The van der Waals surface area contributed by atoms with Crippen LogP contribution in [-0.2, 0) is 0 Å². The topological polar surface area (TPSA) is 56.6 Å². The summed E-state index contributed by atoms with van der Waals surface area (Å²) < 4.78 is 11.6. The minimum atomic E-state index is 0.0274. The number of ether oxygens (including phenoxy) is 2. The molecule has 0 aliphatic rings. The molecule has 0 saturated heterocycles. The average Bonchev–Trinajstić information content (AvgIpc) is 2.62. The van der Waals surface area contributed by atoms with Crippen molar-refractivity contribution in [1.29, 1.82) is 0 Å². The summed E-state index contributed by atoms with van der Waals surface area (Å²) in [5.74, 6) is 1.43. The number of aryl methyl sites for hydroxylation is 2. The van der Waals surface area contributed by atoms with Crippen LogP contribution in [0, 0.1) is 13.8 Å². The molecule has 0 spiro atoms. The summed E-state index contributed by atoms with van der Waals surface area (Å²) in [6.07, 6.45) is 4.41. The Hall–Kier alpha value is -2.43. The van der Waals surface area contributed by atoms with Crippen molar-refractivity contribution in [2.45, 2.75) is 66.9 Å². The van der Waals surface area contributed by atoms with Crippen molar-refractivity contribution in [3.05, 3.63) is 41.3 Å². The summed E-state index contributed by atoms with van der Waals surface area (Å²) in [7, 11) is 0. The van der Waals surface area contributed by atoms with Crippen molar-refractivity contribution < 1.29 is 9.47 Å². The van der Waals surface area contributed by atoms with Crippen LogP contribution in [0.15, 0.2) is 29.5 Å². The van der Waals surface area contributed by atoms with Gasteiger partial charge in [-0.05, 0) is 69.9 Å². The third-order valence-corrected chi connectivity index (χ3v) is 4.03. The smallest absolute Gasteiger partial charge is 0.243 e. The van der Waals surface area contributed by atoms with Gasteiger partial charge in [-0.3, -0.25) is 0 Å². The highest BCUT2D eigenvalue weighted by molar-refractivity contribution is 6.03. The first kappa shape index (κ1) is 20.9. The molecule has 1 heterocycles. The number of aromatic nitrogens is 2. The lowest BCUT2D eigenvalue weighted by atomic mass is 10.0. The van der Waals surface area contributed by atoms with E-state index in [0.717, 1.165) is 54.2 Å². The summed E-state index contributed by atoms with van der Waals surface area (Å²) >= 11 is 0. The molecule has 0 aliphatic heterocycles. The molecule has 5 heteroatoms. The van der Waals surface area contributed by atoms with E-state index in [4.69, 9.17) is 14.5 Å². The fourth-order valence-corrected chi connectivity index (χ4v) is 2.78. The van der Waals surface area contributed by atoms with E-state index in [2.05, 4.69) is 42.9 Å². The molecule has 146 valence electrons. The van der Waals surface area contributed by atoms with Gasteiger partial charge in [0.25, 0.3) is 0 Å². The Balaban J connectivity index is 2.46. The van der Waals surface area contributed by atoms with E-state index in [1.54, 1.807) is 0 Å². The van der Waals surface area contributed by atoms with Gasteiger partial charge in [0.15, 0.2) is 0 Å². The number of hydrogen-bond acceptors (Lipinski definition) is 5. The zero-order chi connectivity index (χ0) is 19.8. The van der Waals surface area contributed by atoms with E-state index in [9.17, 15) is 0 Å². The first-order chi connectivity index (χ1) is 13.0. The van der Waals surface area contributed by atoms with Crippen LogP contribution >= 0.6 is 0 Å². The van der Waals surface area contributed by atoms with Gasteiger partial charge in [0.05, 0.1) is 18.4 Å². The predicted molar refractivity (Wildman–Crippen MR) is 111 cm³/mol. The van der Waals surface area contributed by atoms with E-state index < -0.39 is 0 Å². The lowest BCUT2D eigenvalue weighted by molar-refractivity contribution is 0.233. The number of benzene rings is 1. The second-order valence-electron chi connectivity index (χ2n) is 6.91. The van der Waals surface area contributed by atoms with E-state index in [-0.39, 0.29) is 6.10 Å². The molecule has 0 fully saturated rings. The monoisotopic (exact) mass is 369 g/mol. The van der Waals surface area contributed by atoms with Gasteiger partial charge in [0.1, 0.15) is 17.8 Å². The molecule has 0 N–H and O–H groups in total. The van der Waals surface area contributed by atoms with Gasteiger partial charge in [-0.25, -0.2) is 9.98 Å². The maximum absolute atomic E-state index is 5.86. The van der Waals surface area contributed by atoms with Crippen molar-refractivity contribution in [2.24, 2.45) is 4.99 Å². The summed E-state index contributed by atoms with van der Waals surface area (Å²) in [6.45, 7) is 13.0. The summed E-state index contributed by atoms with van der Waals surface area (Å²) in [5, 5.41) is 0. The Morgan fingerprint density at radius 2 is 1.89 bits per heavy atom. The summed E-state index contributed by atoms with van der Waals surface area (Å²) in [4.78, 5) is 13.6. The Labute approximate surface area is 162 Å². The number of hydrogen-bond donors (Lipinski definition) is 0. The van der Waals surface area contributed by atoms with Gasteiger partial charge in [-0.15, -0.1) is 0 Å². The third kappa shape index (κ3) is 5.78. The third-order valence-electron chi connectivity index (χ3n) is 4.03. The van der Waals surface area contributed by atoms with E-state index in [1.165, 1.54) is 6.33 Å². The first-order valence-corrected chi connectivity index (χ1v) is 9.75. The molecule has 1 aromatic heterocycles. The van der Waals surface area contributed by atoms with Crippen molar-refractivity contribution in [3.8, 4) is 11.6 Å². The fraction of sp³-hybridized carbons (Fsp3) is 0.500. The molecule has 5 nitrogen and oxygen atoms in total. The quantitative estimate of drug-likeness (QED) is 0.541. The minimum absolute atomic E-state index is 0.0274. The SMILES string of the molecule is CCCOc1ccc(C(CCC)=Nc2c(C)ncnc2OC(C)C)c(C)c1. The number of aliphatic imine (C=N–C) groups is 1. The molecule has 0 amide bonds. The standard InChI is InChI=1S/C22H31N3O2/c1-7-9-20(19-11-10-18(13-16(19)5)26-12-8-2)25-21-17(6)23-14-24-22(21)27-15(3)4/h10-11,13-15H,7-9,12H2,1-6H3. The molecule has 27 heavy (non-hydrogen) atoms. The van der Waals surface area contributed by atoms with E-state index >= 15 is 0 Å². The van der Waals surface area contributed by atoms with Crippen LogP contribution < -0.4 is 9.47 Å². The Morgan fingerprint density at radius 3 is 2.52 bits per heavy atom. The zero-order valence-corrected chi connectivity index (χ0v) is 17.4. The average molecular weight is 370 g/mol. The number of nitrogens with zero attached hydrogens (tertiary/aromatic N) is 3. The Morgan fingerprint density at radius 1 is 1.11 bits per heavy atom. The maximum Gasteiger partial charge on any atom is 0.243 e. The molecular weight excluding hydrogens is 338 g/mol. The van der Waals surface area contributed by atoms with Crippen LogP contribution in [0.1, 0.15) is 63.8 Å². The van der Waals surface area contributed by atoms with E-state index in [1.807, 2.05) is 26.8 Å². The highest BCUT2D eigenvalue weighted by Crippen LogP contribution is 2.30. The van der Waals surface area contributed by atoms with Crippen molar-refractivity contribution in [1.82, 2.24) is 9.97 Å². The van der Waals surface area contributed by atoms with Gasteiger partial charge >= 0.3 is 0 Å². The summed E-state index contributed by atoms with van der Waals surface area (Å²) in [5.41, 5.74) is 4.81. The van der Waals surface area contributed by atoms with Crippen LogP contribution in [-0.4, -0.2) is 28.4 Å². The molecule has 0 saturated carbocycles. The van der Waals surface area contributed by atoms with Crippen LogP contribution in [0.5, 0.6) is 11.6 Å². The van der Waals surface area contributed by atoms with Crippen molar-refractivity contribution >= 4 is 11.4 Å². The Bertz CT molecular complexity index is 785. The second-order valence-corrected chi connectivity index (χ2v) is 6.91. The second kappa shape index (κ2) is 10.0. The molecule has 2 aromatic rings. The fourth-order valence-electron chi connectivity index (χ4n) is 2.78. The van der Waals surface area contributed by atoms with Gasteiger partial charge in [-0.2, -0.15) is 4.98 Å². The van der Waals surface area contributed by atoms with Crippen molar-refractivity contribution in [3.63, 3.8) is 0 Å². The zero-order valence-electron chi connectivity index (χ0n) is 17.4. The van der Waals surface area contributed by atoms with Gasteiger partial charge < -0.3 is 9.47 Å². The van der Waals surface area contributed by atoms with Gasteiger partial charge in [0.2, 0.25) is 5.88 Å². The number of rotatable bonds is 9. The Kier molecular flexibility index (Phi) is 7.77. The van der Waals surface area contributed by atoms with Crippen molar-refractivity contribution in [2.75, 3.05) is 6.61 Å². The summed E-state index contributed by atoms with van der Waals surface area (Å²) in [6, 6.07) is 6.19. The largest absolute Gasteiger partial charge is 0.494 e. The highest BCUT2D eigenvalue weighted by Gasteiger charge is 2.14. The lowest BCUT2D eigenvalue weighted by Gasteiger charge is -2.15. The molecule has 0 aliphatic carbocycles. The molecular formula is C22H31N3O2.